The van der Waals surface area contributed by atoms with Gasteiger partial charge >= 0.3 is 17.7 Å². The summed E-state index contributed by atoms with van der Waals surface area (Å²) in [4.78, 5) is 42.9. The molecule has 1 atom stereocenters. The summed E-state index contributed by atoms with van der Waals surface area (Å²) in [7, 11) is 0.960. The van der Waals surface area contributed by atoms with Gasteiger partial charge in [-0.3, -0.25) is 14.5 Å². The van der Waals surface area contributed by atoms with Gasteiger partial charge in [-0.05, 0) is 65.7 Å². The lowest BCUT2D eigenvalue weighted by Crippen LogP contribution is -2.51. The second kappa shape index (κ2) is 15.5. The number of anilines is 1. The van der Waals surface area contributed by atoms with Crippen molar-refractivity contribution in [1.29, 1.82) is 0 Å². The summed E-state index contributed by atoms with van der Waals surface area (Å²) >= 11 is 0. The lowest BCUT2D eigenvalue weighted by molar-refractivity contribution is -0.181. The molecule has 0 aromatic heterocycles. The molecule has 1 unspecified atom stereocenters. The summed E-state index contributed by atoms with van der Waals surface area (Å²) in [6.45, 7) is 2.61. The minimum Gasteiger partial charge on any atom is -0.463 e. The van der Waals surface area contributed by atoms with Crippen LogP contribution in [0.2, 0.25) is 0 Å². The number of amides is 2. The summed E-state index contributed by atoms with van der Waals surface area (Å²) in [5.41, 5.74) is 3.12. The Morgan fingerprint density at radius 3 is 1.82 bits per heavy atom. The van der Waals surface area contributed by atoms with Crippen molar-refractivity contribution in [3.05, 3.63) is 156 Å². The number of methoxy groups -OCH3 is 1. The van der Waals surface area contributed by atoms with E-state index in [9.17, 15) is 14.4 Å². The lowest BCUT2D eigenvalue weighted by Gasteiger charge is -2.39. The smallest absolute Gasteiger partial charge is 0.425 e. The summed E-state index contributed by atoms with van der Waals surface area (Å²) < 4.78 is 31.2. The van der Waals surface area contributed by atoms with E-state index >= 15 is 4.39 Å². The van der Waals surface area contributed by atoms with Crippen molar-refractivity contribution in [2.45, 2.75) is 11.9 Å². The Labute approximate surface area is 289 Å². The quantitative estimate of drug-likeness (QED) is 0.121. The van der Waals surface area contributed by atoms with Crippen LogP contribution >= 0.6 is 0 Å². The molecule has 0 spiro atoms. The molecule has 0 radical (unpaired) electrons. The third-order valence-corrected chi connectivity index (χ3v) is 8.37. The van der Waals surface area contributed by atoms with Crippen molar-refractivity contribution in [3.63, 3.8) is 0 Å². The maximum atomic E-state index is 15.6. The number of hydrogen-bond donors (Lipinski definition) is 1. The first-order valence-corrected chi connectivity index (χ1v) is 16.2. The van der Waals surface area contributed by atoms with Crippen LogP contribution < -0.4 is 14.8 Å². The number of ether oxygens (including phenoxy) is 3. The molecular weight excluding hydrogens is 637 g/mol. The number of rotatable bonds is 11. The van der Waals surface area contributed by atoms with Crippen LogP contribution in [0.4, 0.5) is 10.1 Å². The SMILES string of the molecule is COC(=O)C(F)(Oc1ccccc1)C(=O)Nc1ccc(Oc2cccc(C(=O)N3CCN(C(c4ccccc4)c4ccccc4)CC3)c2)cc1. The predicted molar refractivity (Wildman–Crippen MR) is 187 cm³/mol. The molecule has 2 amide bonds. The Bertz CT molecular complexity index is 1860. The highest BCUT2D eigenvalue weighted by atomic mass is 19.2. The maximum Gasteiger partial charge on any atom is 0.425 e. The zero-order chi connectivity index (χ0) is 34.9. The topological polar surface area (TPSA) is 97.4 Å². The normalized spacial score (nSPS) is 14.3. The third-order valence-electron chi connectivity index (χ3n) is 8.37. The lowest BCUT2D eigenvalue weighted by atomic mass is 9.96. The number of nitrogens with one attached hydrogen (secondary N) is 1. The van der Waals surface area contributed by atoms with Gasteiger partial charge < -0.3 is 24.4 Å². The van der Waals surface area contributed by atoms with E-state index in [2.05, 4.69) is 63.5 Å². The number of carbonyl (C=O) groups is 3. The van der Waals surface area contributed by atoms with Gasteiger partial charge in [-0.25, -0.2) is 4.79 Å². The molecule has 10 heteroatoms. The number of halogens is 1. The number of nitrogens with zero attached hydrogens (tertiary/aromatic N) is 2. The average molecular weight is 674 g/mol. The van der Waals surface area contributed by atoms with Gasteiger partial charge in [0.05, 0.1) is 13.2 Å². The number of benzene rings is 5. The van der Waals surface area contributed by atoms with Crippen molar-refractivity contribution < 1.29 is 33.0 Å². The molecule has 5 aromatic rings. The monoisotopic (exact) mass is 673 g/mol. The second-order valence-corrected chi connectivity index (χ2v) is 11.7. The molecule has 9 nitrogen and oxygen atoms in total. The number of piperazine rings is 1. The van der Waals surface area contributed by atoms with Gasteiger partial charge in [0.25, 0.3) is 5.91 Å². The van der Waals surface area contributed by atoms with Crippen molar-refractivity contribution in [1.82, 2.24) is 9.80 Å². The molecule has 1 fully saturated rings. The molecule has 1 aliphatic heterocycles. The van der Waals surface area contributed by atoms with E-state index in [4.69, 9.17) is 9.47 Å². The first-order valence-electron chi connectivity index (χ1n) is 16.2. The first-order chi connectivity index (χ1) is 24.3. The molecule has 5 aromatic carbocycles. The second-order valence-electron chi connectivity index (χ2n) is 11.7. The van der Waals surface area contributed by atoms with E-state index in [1.54, 1.807) is 54.6 Å². The van der Waals surface area contributed by atoms with Gasteiger partial charge in [-0.2, -0.15) is 4.39 Å². The van der Waals surface area contributed by atoms with Crippen LogP contribution in [0.5, 0.6) is 17.2 Å². The molecule has 6 rings (SSSR count). The molecule has 1 heterocycles. The fourth-order valence-corrected chi connectivity index (χ4v) is 5.86. The van der Waals surface area contributed by atoms with Crippen LogP contribution in [0, 0.1) is 0 Å². The van der Waals surface area contributed by atoms with Gasteiger partial charge in [0, 0.05) is 37.4 Å². The predicted octanol–water partition coefficient (Wildman–Crippen LogP) is 6.88. The number of para-hydroxylation sites is 1. The Morgan fingerprint density at radius 1 is 0.680 bits per heavy atom. The zero-order valence-electron chi connectivity index (χ0n) is 27.4. The summed E-state index contributed by atoms with van der Waals surface area (Å²) in [6.07, 6.45) is 0. The molecule has 1 N–H and O–H groups in total. The number of esters is 1. The van der Waals surface area contributed by atoms with Crippen LogP contribution in [0.25, 0.3) is 0 Å². The number of carbonyl (C=O) groups excluding carboxylic acids is 3. The molecule has 50 heavy (non-hydrogen) atoms. The minimum atomic E-state index is -3.42. The average Bonchev–Trinajstić information content (AvgIpc) is 3.16. The van der Waals surface area contributed by atoms with Crippen molar-refractivity contribution in [2.75, 3.05) is 38.6 Å². The van der Waals surface area contributed by atoms with Crippen LogP contribution in [-0.2, 0) is 14.3 Å². The van der Waals surface area contributed by atoms with E-state index in [0.717, 1.165) is 20.2 Å². The Hall–Kier alpha value is -6.00. The molecule has 0 bridgehead atoms. The molecular formula is C40H36FN3O6. The van der Waals surface area contributed by atoms with Crippen molar-refractivity contribution >= 4 is 23.5 Å². The van der Waals surface area contributed by atoms with Crippen LogP contribution in [0.15, 0.2) is 140 Å². The number of hydrogen-bond acceptors (Lipinski definition) is 7. The molecule has 0 aliphatic carbocycles. The minimum absolute atomic E-state index is 0.0259. The fourth-order valence-electron chi connectivity index (χ4n) is 5.86. The highest BCUT2D eigenvalue weighted by Crippen LogP contribution is 2.31. The van der Waals surface area contributed by atoms with Crippen molar-refractivity contribution in [2.24, 2.45) is 0 Å². The van der Waals surface area contributed by atoms with Gasteiger partial charge in [0.2, 0.25) is 0 Å². The van der Waals surface area contributed by atoms with E-state index in [0.29, 0.717) is 30.2 Å². The van der Waals surface area contributed by atoms with Crippen molar-refractivity contribution in [3.8, 4) is 17.2 Å². The van der Waals surface area contributed by atoms with E-state index < -0.39 is 17.7 Å². The fraction of sp³-hybridized carbons (Fsp3) is 0.175. The van der Waals surface area contributed by atoms with E-state index in [-0.39, 0.29) is 23.4 Å². The molecule has 1 saturated heterocycles. The standard InChI is InChI=1S/C40H36FN3O6/c1-48-39(47)40(41,50-34-17-9-4-10-18-34)38(46)42-32-20-22-33(23-21-32)49-35-19-11-16-31(28-35)37(45)44-26-24-43(25-27-44)36(29-12-5-2-6-13-29)30-14-7-3-8-15-30/h2-23,28,36H,24-27H2,1H3,(H,42,46). The van der Waals surface area contributed by atoms with Gasteiger partial charge in [-0.15, -0.1) is 0 Å². The Kier molecular flexibility index (Phi) is 10.5. The highest BCUT2D eigenvalue weighted by molar-refractivity contribution is 6.10. The summed E-state index contributed by atoms with van der Waals surface area (Å²) in [6, 6.07) is 41.6. The highest BCUT2D eigenvalue weighted by Gasteiger charge is 2.51. The number of alkyl halides is 1. The van der Waals surface area contributed by atoms with Crippen LogP contribution in [0.1, 0.15) is 27.5 Å². The summed E-state index contributed by atoms with van der Waals surface area (Å²) in [5, 5.41) is 2.35. The molecule has 1 aliphatic rings. The van der Waals surface area contributed by atoms with E-state index in [1.807, 2.05) is 17.0 Å². The zero-order valence-corrected chi connectivity index (χ0v) is 27.4. The molecule has 0 saturated carbocycles. The summed E-state index contributed by atoms with van der Waals surface area (Å²) in [5.74, 6) is -5.53. The Morgan fingerprint density at radius 2 is 1.24 bits per heavy atom. The van der Waals surface area contributed by atoms with Gasteiger partial charge in [0.15, 0.2) is 0 Å². The van der Waals surface area contributed by atoms with Gasteiger partial charge in [-0.1, -0.05) is 84.9 Å². The first kappa shape index (κ1) is 33.9. The molecule has 254 valence electrons. The largest absolute Gasteiger partial charge is 0.463 e. The third kappa shape index (κ3) is 7.82. The van der Waals surface area contributed by atoms with Crippen LogP contribution in [-0.4, -0.2) is 66.7 Å². The maximum absolute atomic E-state index is 15.6. The van der Waals surface area contributed by atoms with Crippen LogP contribution in [0.3, 0.4) is 0 Å². The van der Waals surface area contributed by atoms with E-state index in [1.165, 1.54) is 35.4 Å². The Balaban J connectivity index is 1.07. The van der Waals surface area contributed by atoms with Gasteiger partial charge in [0.1, 0.15) is 17.2 Å².